The Balaban J connectivity index is 2.30. The smallest absolute Gasteiger partial charge is 0.341 e. The standard InChI is InChI=1S/C18H16N2O3/c1-2-9-20-11-15(18(22)23)17(21)14-4-3-13(10-16(14)20)12-5-7-19-8-6-12/h3-8,10-11H,2,9H2,1H3,(H,22,23). The monoisotopic (exact) mass is 308 g/mol. The van der Waals surface area contributed by atoms with Gasteiger partial charge in [-0.3, -0.25) is 9.78 Å². The van der Waals surface area contributed by atoms with Gasteiger partial charge in [0, 0.05) is 30.5 Å². The highest BCUT2D eigenvalue weighted by Crippen LogP contribution is 2.23. The number of pyridine rings is 2. The van der Waals surface area contributed by atoms with E-state index in [-0.39, 0.29) is 5.56 Å². The molecule has 5 nitrogen and oxygen atoms in total. The Kier molecular flexibility index (Phi) is 3.93. The maximum Gasteiger partial charge on any atom is 0.341 e. The zero-order valence-electron chi connectivity index (χ0n) is 12.7. The van der Waals surface area contributed by atoms with Crippen molar-refractivity contribution >= 4 is 16.9 Å². The summed E-state index contributed by atoms with van der Waals surface area (Å²) in [5.41, 5.74) is 2.08. The van der Waals surface area contributed by atoms with Crippen LogP contribution in [0.15, 0.2) is 53.7 Å². The van der Waals surface area contributed by atoms with E-state index in [0.29, 0.717) is 11.9 Å². The van der Waals surface area contributed by atoms with Gasteiger partial charge in [-0.25, -0.2) is 4.79 Å². The predicted molar refractivity (Wildman–Crippen MR) is 88.7 cm³/mol. The van der Waals surface area contributed by atoms with Crippen molar-refractivity contribution in [1.29, 1.82) is 0 Å². The normalized spacial score (nSPS) is 10.8. The second-order valence-electron chi connectivity index (χ2n) is 5.34. The molecule has 23 heavy (non-hydrogen) atoms. The number of fused-ring (bicyclic) bond motifs is 1. The zero-order valence-corrected chi connectivity index (χ0v) is 12.7. The summed E-state index contributed by atoms with van der Waals surface area (Å²) in [6, 6.07) is 9.25. The lowest BCUT2D eigenvalue weighted by Gasteiger charge is -2.12. The van der Waals surface area contributed by atoms with Crippen LogP contribution in [0.4, 0.5) is 0 Å². The topological polar surface area (TPSA) is 72.2 Å². The fraction of sp³-hybridized carbons (Fsp3) is 0.167. The first-order chi connectivity index (χ1) is 11.1. The Hall–Kier alpha value is -2.95. The molecule has 0 fully saturated rings. The molecule has 0 saturated carbocycles. The number of aromatic nitrogens is 2. The number of carbonyl (C=O) groups is 1. The minimum absolute atomic E-state index is 0.192. The molecule has 5 heteroatoms. The van der Waals surface area contributed by atoms with E-state index in [1.165, 1.54) is 6.20 Å². The van der Waals surface area contributed by atoms with Crippen molar-refractivity contribution in [3.63, 3.8) is 0 Å². The molecule has 0 spiro atoms. The second kappa shape index (κ2) is 6.04. The highest BCUT2D eigenvalue weighted by molar-refractivity contribution is 5.93. The Morgan fingerprint density at radius 2 is 1.91 bits per heavy atom. The van der Waals surface area contributed by atoms with Crippen LogP contribution in [-0.2, 0) is 6.54 Å². The summed E-state index contributed by atoms with van der Waals surface area (Å²) in [5.74, 6) is -1.19. The molecule has 0 bridgehead atoms. The fourth-order valence-electron chi connectivity index (χ4n) is 2.69. The molecule has 116 valence electrons. The first kappa shape index (κ1) is 15.0. The first-order valence-corrected chi connectivity index (χ1v) is 7.42. The molecule has 0 aliphatic rings. The lowest BCUT2D eigenvalue weighted by Crippen LogP contribution is -2.19. The van der Waals surface area contributed by atoms with Crippen molar-refractivity contribution in [1.82, 2.24) is 9.55 Å². The van der Waals surface area contributed by atoms with Crippen molar-refractivity contribution < 1.29 is 9.90 Å². The third kappa shape index (κ3) is 2.73. The number of aromatic carboxylic acids is 1. The summed E-state index contributed by atoms with van der Waals surface area (Å²) >= 11 is 0. The van der Waals surface area contributed by atoms with Crippen LogP contribution in [-0.4, -0.2) is 20.6 Å². The SMILES string of the molecule is CCCn1cc(C(=O)O)c(=O)c2ccc(-c3ccncc3)cc21. The van der Waals surface area contributed by atoms with E-state index in [1.807, 2.05) is 35.8 Å². The fourth-order valence-corrected chi connectivity index (χ4v) is 2.69. The van der Waals surface area contributed by atoms with Crippen LogP contribution in [0.25, 0.3) is 22.0 Å². The van der Waals surface area contributed by atoms with Gasteiger partial charge in [0.25, 0.3) is 0 Å². The lowest BCUT2D eigenvalue weighted by molar-refractivity contribution is 0.0695. The van der Waals surface area contributed by atoms with Crippen molar-refractivity contribution in [2.24, 2.45) is 0 Å². The quantitative estimate of drug-likeness (QED) is 0.803. The number of benzene rings is 1. The maximum absolute atomic E-state index is 12.4. The number of aryl methyl sites for hydroxylation is 1. The first-order valence-electron chi connectivity index (χ1n) is 7.42. The molecule has 0 atom stereocenters. The molecule has 0 aliphatic heterocycles. The summed E-state index contributed by atoms with van der Waals surface area (Å²) in [6.45, 7) is 2.66. The average Bonchev–Trinajstić information content (AvgIpc) is 2.57. The number of nitrogens with zero attached hydrogens (tertiary/aromatic N) is 2. The molecule has 1 N–H and O–H groups in total. The van der Waals surface area contributed by atoms with Crippen LogP contribution in [0.5, 0.6) is 0 Å². The van der Waals surface area contributed by atoms with E-state index >= 15 is 0 Å². The lowest BCUT2D eigenvalue weighted by atomic mass is 10.0. The number of carboxylic acid groups (broad SMARTS) is 1. The van der Waals surface area contributed by atoms with Gasteiger partial charge in [-0.2, -0.15) is 0 Å². The van der Waals surface area contributed by atoms with Crippen LogP contribution in [0.2, 0.25) is 0 Å². The highest BCUT2D eigenvalue weighted by atomic mass is 16.4. The Morgan fingerprint density at radius 1 is 1.17 bits per heavy atom. The van der Waals surface area contributed by atoms with Gasteiger partial charge in [0.15, 0.2) is 0 Å². The minimum atomic E-state index is -1.19. The summed E-state index contributed by atoms with van der Waals surface area (Å²) < 4.78 is 1.84. The van der Waals surface area contributed by atoms with Crippen molar-refractivity contribution in [2.75, 3.05) is 0 Å². The van der Waals surface area contributed by atoms with Crippen LogP contribution in [0, 0.1) is 0 Å². The molecule has 2 heterocycles. The van der Waals surface area contributed by atoms with Crippen molar-refractivity contribution in [3.05, 3.63) is 64.7 Å². The largest absolute Gasteiger partial charge is 0.477 e. The molecule has 0 unspecified atom stereocenters. The average molecular weight is 308 g/mol. The second-order valence-corrected chi connectivity index (χ2v) is 5.34. The molecule has 2 aromatic heterocycles. The number of carboxylic acids is 1. The van der Waals surface area contributed by atoms with Gasteiger partial charge in [0.1, 0.15) is 5.56 Å². The van der Waals surface area contributed by atoms with Gasteiger partial charge in [-0.15, -0.1) is 0 Å². The maximum atomic E-state index is 12.4. The van der Waals surface area contributed by atoms with E-state index in [2.05, 4.69) is 4.98 Å². The summed E-state index contributed by atoms with van der Waals surface area (Å²) in [6.07, 6.45) is 5.71. The van der Waals surface area contributed by atoms with Gasteiger partial charge in [0.05, 0.1) is 5.52 Å². The minimum Gasteiger partial charge on any atom is -0.477 e. The third-order valence-corrected chi connectivity index (χ3v) is 3.79. The van der Waals surface area contributed by atoms with Gasteiger partial charge >= 0.3 is 5.97 Å². The molecule has 0 radical (unpaired) electrons. The molecule has 3 aromatic rings. The molecule has 3 rings (SSSR count). The third-order valence-electron chi connectivity index (χ3n) is 3.79. The molecule has 0 amide bonds. The van der Waals surface area contributed by atoms with E-state index in [9.17, 15) is 14.7 Å². The zero-order chi connectivity index (χ0) is 16.4. The predicted octanol–water partition coefficient (Wildman–Crippen LogP) is 3.17. The van der Waals surface area contributed by atoms with Crippen LogP contribution < -0.4 is 5.43 Å². The molecule has 0 saturated heterocycles. The molecule has 0 aliphatic carbocycles. The van der Waals surface area contributed by atoms with E-state index in [4.69, 9.17) is 0 Å². The molecular formula is C18H16N2O3. The van der Waals surface area contributed by atoms with E-state index in [1.54, 1.807) is 18.5 Å². The summed E-state index contributed by atoms with van der Waals surface area (Å²) in [4.78, 5) is 27.7. The van der Waals surface area contributed by atoms with Crippen LogP contribution in [0.1, 0.15) is 23.7 Å². The van der Waals surface area contributed by atoms with Crippen molar-refractivity contribution in [2.45, 2.75) is 19.9 Å². The van der Waals surface area contributed by atoms with Crippen LogP contribution in [0.3, 0.4) is 0 Å². The van der Waals surface area contributed by atoms with Gasteiger partial charge in [-0.1, -0.05) is 13.0 Å². The Labute approximate surface area is 132 Å². The Morgan fingerprint density at radius 3 is 2.57 bits per heavy atom. The molecular weight excluding hydrogens is 292 g/mol. The van der Waals surface area contributed by atoms with Crippen molar-refractivity contribution in [3.8, 4) is 11.1 Å². The highest BCUT2D eigenvalue weighted by Gasteiger charge is 2.14. The van der Waals surface area contributed by atoms with Gasteiger partial charge < -0.3 is 9.67 Å². The van der Waals surface area contributed by atoms with E-state index < -0.39 is 11.4 Å². The molecule has 1 aromatic carbocycles. The summed E-state index contributed by atoms with van der Waals surface area (Å²) in [7, 11) is 0. The number of hydrogen-bond donors (Lipinski definition) is 1. The number of rotatable bonds is 4. The van der Waals surface area contributed by atoms with E-state index in [0.717, 1.165) is 23.1 Å². The Bertz CT molecular complexity index is 930. The summed E-state index contributed by atoms with van der Waals surface area (Å²) in [5, 5.41) is 9.66. The van der Waals surface area contributed by atoms with Crippen LogP contribution >= 0.6 is 0 Å². The van der Waals surface area contributed by atoms with Gasteiger partial charge in [-0.05, 0) is 41.8 Å². The van der Waals surface area contributed by atoms with Gasteiger partial charge in [0.2, 0.25) is 5.43 Å². The number of hydrogen-bond acceptors (Lipinski definition) is 3.